The van der Waals surface area contributed by atoms with E-state index in [-0.39, 0.29) is 0 Å². The summed E-state index contributed by atoms with van der Waals surface area (Å²) in [7, 11) is -1.62. The van der Waals surface area contributed by atoms with Crippen molar-refractivity contribution in [3.8, 4) is 0 Å². The molecule has 1 atom stereocenters. The van der Waals surface area contributed by atoms with Crippen LogP contribution < -0.4 is 0 Å². The minimum absolute atomic E-state index is 0.340. The zero-order valence-electron chi connectivity index (χ0n) is 9.90. The molecule has 0 saturated carbocycles. The standard InChI is InChI=1S/C9H21BrN2O2S/c1-5-12(6-2)15(13,14)11(4)8-7-9(3)10/h9H,5-8H2,1-4H3. The normalized spacial score (nSPS) is 14.9. The molecule has 0 amide bonds. The molecule has 15 heavy (non-hydrogen) atoms. The number of rotatable bonds is 7. The molecule has 0 aliphatic heterocycles. The third kappa shape index (κ3) is 4.80. The van der Waals surface area contributed by atoms with E-state index >= 15 is 0 Å². The van der Waals surface area contributed by atoms with Gasteiger partial charge in [-0.05, 0) is 6.42 Å². The van der Waals surface area contributed by atoms with Crippen molar-refractivity contribution >= 4 is 26.1 Å². The maximum Gasteiger partial charge on any atom is 0.281 e. The van der Waals surface area contributed by atoms with Gasteiger partial charge in [-0.3, -0.25) is 0 Å². The molecule has 0 radical (unpaired) electrons. The van der Waals surface area contributed by atoms with Crippen LogP contribution in [0, 0.1) is 0 Å². The van der Waals surface area contributed by atoms with Gasteiger partial charge in [-0.25, -0.2) is 0 Å². The van der Waals surface area contributed by atoms with Gasteiger partial charge in [0, 0.05) is 31.5 Å². The van der Waals surface area contributed by atoms with Gasteiger partial charge in [-0.15, -0.1) is 0 Å². The summed E-state index contributed by atoms with van der Waals surface area (Å²) in [5.74, 6) is 0. The Morgan fingerprint density at radius 3 is 2.07 bits per heavy atom. The average Bonchev–Trinajstić information content (AvgIpc) is 2.15. The summed E-state index contributed by atoms with van der Waals surface area (Å²) in [6.45, 7) is 7.30. The Morgan fingerprint density at radius 2 is 1.73 bits per heavy atom. The first-order valence-corrected chi connectivity index (χ1v) is 7.53. The van der Waals surface area contributed by atoms with Crippen LogP contribution in [0.15, 0.2) is 0 Å². The molecule has 0 aromatic carbocycles. The minimum Gasteiger partial charge on any atom is -0.195 e. The molecule has 0 aliphatic carbocycles. The minimum atomic E-state index is -3.25. The van der Waals surface area contributed by atoms with Crippen LogP contribution in [0.1, 0.15) is 27.2 Å². The molecule has 1 unspecified atom stereocenters. The summed E-state index contributed by atoms with van der Waals surface area (Å²) in [6.07, 6.45) is 0.816. The lowest BCUT2D eigenvalue weighted by Gasteiger charge is -2.25. The van der Waals surface area contributed by atoms with E-state index in [1.807, 2.05) is 20.8 Å². The van der Waals surface area contributed by atoms with Gasteiger partial charge < -0.3 is 0 Å². The summed E-state index contributed by atoms with van der Waals surface area (Å²) in [5.41, 5.74) is 0. The second-order valence-corrected chi connectivity index (χ2v) is 7.08. The molecular formula is C9H21BrN2O2S. The van der Waals surface area contributed by atoms with Gasteiger partial charge >= 0.3 is 0 Å². The lowest BCUT2D eigenvalue weighted by Crippen LogP contribution is -2.42. The highest BCUT2D eigenvalue weighted by Gasteiger charge is 2.23. The first kappa shape index (κ1) is 15.3. The maximum absolute atomic E-state index is 11.9. The third-order valence-corrected chi connectivity index (χ3v) is 4.86. The quantitative estimate of drug-likeness (QED) is 0.671. The monoisotopic (exact) mass is 300 g/mol. The van der Waals surface area contributed by atoms with E-state index in [9.17, 15) is 8.42 Å². The van der Waals surface area contributed by atoms with Gasteiger partial charge in [0.15, 0.2) is 0 Å². The fraction of sp³-hybridized carbons (Fsp3) is 1.00. The van der Waals surface area contributed by atoms with Crippen LogP contribution in [-0.4, -0.2) is 48.5 Å². The molecule has 0 spiro atoms. The number of hydrogen-bond acceptors (Lipinski definition) is 2. The molecule has 0 aromatic heterocycles. The molecule has 92 valence electrons. The number of alkyl halides is 1. The predicted molar refractivity (Wildman–Crippen MR) is 67.5 cm³/mol. The highest BCUT2D eigenvalue weighted by atomic mass is 79.9. The Labute approximate surface area is 102 Å². The van der Waals surface area contributed by atoms with Crippen molar-refractivity contribution < 1.29 is 8.42 Å². The van der Waals surface area contributed by atoms with E-state index in [0.29, 0.717) is 24.5 Å². The smallest absolute Gasteiger partial charge is 0.195 e. The van der Waals surface area contributed by atoms with Gasteiger partial charge in [-0.2, -0.15) is 17.0 Å². The van der Waals surface area contributed by atoms with Crippen LogP contribution in [0.25, 0.3) is 0 Å². The first-order valence-electron chi connectivity index (χ1n) is 5.21. The molecule has 4 nitrogen and oxygen atoms in total. The summed E-state index contributed by atoms with van der Waals surface area (Å²) < 4.78 is 26.8. The Morgan fingerprint density at radius 1 is 1.27 bits per heavy atom. The van der Waals surface area contributed by atoms with E-state index in [1.165, 1.54) is 8.61 Å². The van der Waals surface area contributed by atoms with Crippen LogP contribution in [0.4, 0.5) is 0 Å². The Bertz CT molecular complexity index is 263. The van der Waals surface area contributed by atoms with Gasteiger partial charge in [0.2, 0.25) is 0 Å². The van der Waals surface area contributed by atoms with Gasteiger partial charge in [-0.1, -0.05) is 36.7 Å². The number of halogens is 1. The molecule has 0 aliphatic rings. The fourth-order valence-corrected chi connectivity index (χ4v) is 2.81. The van der Waals surface area contributed by atoms with Gasteiger partial charge in [0.05, 0.1) is 0 Å². The van der Waals surface area contributed by atoms with Crippen LogP contribution in [-0.2, 0) is 10.2 Å². The van der Waals surface area contributed by atoms with Crippen LogP contribution in [0.3, 0.4) is 0 Å². The van der Waals surface area contributed by atoms with Crippen molar-refractivity contribution in [1.82, 2.24) is 8.61 Å². The van der Waals surface area contributed by atoms with Crippen molar-refractivity contribution in [2.24, 2.45) is 0 Å². The molecule has 0 heterocycles. The van der Waals surface area contributed by atoms with Crippen molar-refractivity contribution in [3.05, 3.63) is 0 Å². The lowest BCUT2D eigenvalue weighted by molar-refractivity contribution is 0.375. The zero-order valence-corrected chi connectivity index (χ0v) is 12.3. The van der Waals surface area contributed by atoms with Crippen molar-refractivity contribution in [1.29, 1.82) is 0 Å². The van der Waals surface area contributed by atoms with E-state index in [2.05, 4.69) is 15.9 Å². The summed E-state index contributed by atoms with van der Waals surface area (Å²) >= 11 is 3.41. The van der Waals surface area contributed by atoms with E-state index in [1.54, 1.807) is 7.05 Å². The van der Waals surface area contributed by atoms with E-state index in [0.717, 1.165) is 6.42 Å². The molecule has 0 N–H and O–H groups in total. The van der Waals surface area contributed by atoms with E-state index < -0.39 is 10.2 Å². The van der Waals surface area contributed by atoms with Gasteiger partial charge in [0.25, 0.3) is 10.2 Å². The molecular weight excluding hydrogens is 280 g/mol. The second-order valence-electron chi connectivity index (χ2n) is 3.48. The average molecular weight is 301 g/mol. The Hall–Kier alpha value is 0.350. The van der Waals surface area contributed by atoms with Crippen molar-refractivity contribution in [2.75, 3.05) is 26.7 Å². The lowest BCUT2D eigenvalue weighted by atomic mass is 10.3. The Balaban J connectivity index is 4.44. The second kappa shape index (κ2) is 6.83. The molecule has 0 saturated heterocycles. The fourth-order valence-electron chi connectivity index (χ4n) is 1.22. The van der Waals surface area contributed by atoms with Crippen LogP contribution >= 0.6 is 15.9 Å². The van der Waals surface area contributed by atoms with Crippen LogP contribution in [0.2, 0.25) is 0 Å². The molecule has 0 rings (SSSR count). The highest BCUT2D eigenvalue weighted by Crippen LogP contribution is 2.09. The molecule has 6 heteroatoms. The number of hydrogen-bond donors (Lipinski definition) is 0. The summed E-state index contributed by atoms with van der Waals surface area (Å²) in [6, 6.07) is 0. The molecule has 0 aromatic rings. The molecule has 0 fully saturated rings. The van der Waals surface area contributed by atoms with E-state index in [4.69, 9.17) is 0 Å². The van der Waals surface area contributed by atoms with Crippen molar-refractivity contribution in [3.63, 3.8) is 0 Å². The number of nitrogens with zero attached hydrogens (tertiary/aromatic N) is 2. The van der Waals surface area contributed by atoms with Crippen molar-refractivity contribution in [2.45, 2.75) is 32.0 Å². The topological polar surface area (TPSA) is 40.6 Å². The van der Waals surface area contributed by atoms with Gasteiger partial charge in [0.1, 0.15) is 0 Å². The summed E-state index contributed by atoms with van der Waals surface area (Å²) in [4.78, 5) is 0.340. The summed E-state index contributed by atoms with van der Waals surface area (Å²) in [5, 5.41) is 0. The predicted octanol–water partition coefficient (Wildman–Crippen LogP) is 1.68. The third-order valence-electron chi connectivity index (χ3n) is 2.27. The zero-order chi connectivity index (χ0) is 12.1. The largest absolute Gasteiger partial charge is 0.281 e. The maximum atomic E-state index is 11.9. The van der Waals surface area contributed by atoms with Crippen LogP contribution in [0.5, 0.6) is 0 Å². The first-order chi connectivity index (χ1) is 6.86. The SMILES string of the molecule is CCN(CC)S(=O)(=O)N(C)CCC(C)Br. The molecule has 0 bridgehead atoms. The highest BCUT2D eigenvalue weighted by molar-refractivity contribution is 9.09. The Kier molecular flexibility index (Phi) is 6.99.